The van der Waals surface area contributed by atoms with Crippen molar-refractivity contribution < 1.29 is 26.3 Å². The molecule has 0 aliphatic rings. The van der Waals surface area contributed by atoms with Crippen LogP contribution in [0.5, 0.6) is 0 Å². The third kappa shape index (κ3) is 6.86. The zero-order valence-electron chi connectivity index (χ0n) is 17.8. The van der Waals surface area contributed by atoms with Crippen molar-refractivity contribution in [3.8, 4) is 0 Å². The minimum absolute atomic E-state index is 0.419. The van der Waals surface area contributed by atoms with E-state index in [1.165, 1.54) is 24.3 Å². The zero-order chi connectivity index (χ0) is 24.1. The van der Waals surface area contributed by atoms with Crippen molar-refractivity contribution in [2.45, 2.75) is 40.0 Å². The summed E-state index contributed by atoms with van der Waals surface area (Å²) in [4.78, 5) is 0. The van der Waals surface area contributed by atoms with Crippen LogP contribution in [0, 0.1) is 0 Å². The molecule has 0 bridgehead atoms. The van der Waals surface area contributed by atoms with Crippen molar-refractivity contribution >= 4 is 11.4 Å². The molecule has 0 fully saturated rings. The van der Waals surface area contributed by atoms with Gasteiger partial charge >= 0.3 is 12.4 Å². The van der Waals surface area contributed by atoms with Gasteiger partial charge in [0.2, 0.25) is 0 Å². The second kappa shape index (κ2) is 9.88. The second-order valence-corrected chi connectivity index (χ2v) is 7.14. The van der Waals surface area contributed by atoms with Gasteiger partial charge in [0.1, 0.15) is 5.82 Å². The Morgan fingerprint density at radius 1 is 0.594 bits per heavy atom. The lowest BCUT2D eigenvalue weighted by Crippen LogP contribution is -2.22. The summed E-state index contributed by atoms with van der Waals surface area (Å²) < 4.78 is 76.1. The van der Waals surface area contributed by atoms with Gasteiger partial charge in [0.05, 0.1) is 22.6 Å². The molecule has 172 valence electrons. The number of nitrogens with zero attached hydrogens (tertiary/aromatic N) is 2. The van der Waals surface area contributed by atoms with Crippen molar-refractivity contribution in [1.82, 2.24) is 10.9 Å². The van der Waals surface area contributed by atoms with Crippen LogP contribution >= 0.6 is 0 Å². The maximum atomic E-state index is 12.7. The highest BCUT2D eigenvalue weighted by molar-refractivity contribution is 5.99. The summed E-state index contributed by atoms with van der Waals surface area (Å²) >= 11 is 0. The zero-order valence-corrected chi connectivity index (χ0v) is 17.8. The fourth-order valence-corrected chi connectivity index (χ4v) is 2.46. The molecule has 0 saturated carbocycles. The summed E-state index contributed by atoms with van der Waals surface area (Å²) in [6.45, 7) is 6.83. The van der Waals surface area contributed by atoms with E-state index in [9.17, 15) is 26.3 Å². The Labute approximate surface area is 181 Å². The molecule has 4 nitrogen and oxygen atoms in total. The molecule has 32 heavy (non-hydrogen) atoms. The van der Waals surface area contributed by atoms with E-state index in [0.29, 0.717) is 28.4 Å². The topological polar surface area (TPSA) is 48.8 Å². The molecule has 0 aromatic heterocycles. The summed E-state index contributed by atoms with van der Waals surface area (Å²) in [6.07, 6.45) is -8.83. The number of halogens is 6. The summed E-state index contributed by atoms with van der Waals surface area (Å²) in [5.74, 6) is 0.419. The summed E-state index contributed by atoms with van der Waals surface area (Å²) in [5.41, 5.74) is 6.73. The molecule has 0 aliphatic heterocycles. The van der Waals surface area contributed by atoms with E-state index in [2.05, 4.69) is 21.1 Å². The van der Waals surface area contributed by atoms with Gasteiger partial charge in [-0.1, -0.05) is 24.3 Å². The molecule has 2 rings (SSSR count). The van der Waals surface area contributed by atoms with Gasteiger partial charge in [0, 0.05) is 0 Å². The number of hydrogen-bond acceptors (Lipinski definition) is 4. The van der Waals surface area contributed by atoms with Crippen molar-refractivity contribution in [3.05, 3.63) is 82.2 Å². The molecule has 0 atom stereocenters. The highest BCUT2D eigenvalue weighted by Crippen LogP contribution is 2.30. The van der Waals surface area contributed by atoms with E-state index < -0.39 is 23.5 Å². The molecule has 0 radical (unpaired) electrons. The predicted octanol–water partition coefficient (Wildman–Crippen LogP) is 6.30. The first-order chi connectivity index (χ1) is 14.8. The van der Waals surface area contributed by atoms with Crippen LogP contribution < -0.4 is 10.9 Å². The summed E-state index contributed by atoms with van der Waals surface area (Å²) in [6, 6.07) is 9.21. The molecular formula is C22H22F6N4. The molecule has 0 unspecified atom stereocenters. The van der Waals surface area contributed by atoms with Crippen LogP contribution in [0.4, 0.5) is 26.3 Å². The molecular weight excluding hydrogens is 434 g/mol. The lowest BCUT2D eigenvalue weighted by Gasteiger charge is -2.12. The standard InChI is InChI=1S/C22H22F6N4/c1-13(2)20(31-29-14(3)16-5-9-18(10-6-16)21(23,24)25)32-30-15(4)17-7-11-19(12-8-17)22(26,27)28/h5-12,31-32H,1-4H3/b29-14+,30-15+. The van der Waals surface area contributed by atoms with Gasteiger partial charge in [0.25, 0.3) is 0 Å². The van der Waals surface area contributed by atoms with E-state index in [-0.39, 0.29) is 0 Å². The van der Waals surface area contributed by atoms with Gasteiger partial charge in [-0.15, -0.1) is 0 Å². The van der Waals surface area contributed by atoms with Crippen molar-refractivity contribution in [3.63, 3.8) is 0 Å². The number of hydrazone groups is 2. The normalized spacial score (nSPS) is 13.1. The Bertz CT molecular complexity index is 933. The third-order valence-electron chi connectivity index (χ3n) is 4.43. The number of nitrogens with one attached hydrogen (secondary N) is 2. The number of benzene rings is 2. The Morgan fingerprint density at radius 2 is 0.906 bits per heavy atom. The number of alkyl halides is 6. The van der Waals surface area contributed by atoms with Crippen molar-refractivity contribution in [2.24, 2.45) is 10.2 Å². The van der Waals surface area contributed by atoms with E-state index in [0.717, 1.165) is 29.8 Å². The predicted molar refractivity (Wildman–Crippen MR) is 112 cm³/mol. The first-order valence-electron chi connectivity index (χ1n) is 9.42. The van der Waals surface area contributed by atoms with Crippen LogP contribution in [-0.2, 0) is 12.4 Å². The minimum atomic E-state index is -4.41. The van der Waals surface area contributed by atoms with Crippen LogP contribution in [0.2, 0.25) is 0 Å². The van der Waals surface area contributed by atoms with Crippen molar-refractivity contribution in [1.29, 1.82) is 0 Å². The van der Waals surface area contributed by atoms with E-state index in [1.54, 1.807) is 27.7 Å². The first kappa shape index (κ1) is 25.0. The molecule has 2 N–H and O–H groups in total. The Kier molecular flexibility index (Phi) is 7.71. The number of hydrogen-bond donors (Lipinski definition) is 2. The van der Waals surface area contributed by atoms with Crippen LogP contribution in [0.3, 0.4) is 0 Å². The monoisotopic (exact) mass is 456 g/mol. The molecule has 2 aromatic carbocycles. The summed E-state index contributed by atoms with van der Waals surface area (Å²) in [7, 11) is 0. The quantitative estimate of drug-likeness (QED) is 0.304. The van der Waals surface area contributed by atoms with Gasteiger partial charge in [-0.3, -0.25) is 10.9 Å². The molecule has 0 amide bonds. The average Bonchev–Trinajstić information content (AvgIpc) is 2.72. The van der Waals surface area contributed by atoms with Crippen LogP contribution in [0.15, 0.2) is 70.1 Å². The first-order valence-corrected chi connectivity index (χ1v) is 9.42. The van der Waals surface area contributed by atoms with Crippen LogP contribution in [0.1, 0.15) is 49.9 Å². The van der Waals surface area contributed by atoms with Gasteiger partial charge in [0.15, 0.2) is 0 Å². The van der Waals surface area contributed by atoms with E-state index in [1.807, 2.05) is 0 Å². The maximum absolute atomic E-state index is 12.7. The van der Waals surface area contributed by atoms with Crippen LogP contribution in [0.25, 0.3) is 0 Å². The molecule has 10 heteroatoms. The highest BCUT2D eigenvalue weighted by atomic mass is 19.4. The molecule has 0 spiro atoms. The van der Waals surface area contributed by atoms with Gasteiger partial charge in [-0.05, 0) is 68.7 Å². The lowest BCUT2D eigenvalue weighted by atomic mass is 10.1. The maximum Gasteiger partial charge on any atom is 0.416 e. The Hall–Kier alpha value is -3.30. The van der Waals surface area contributed by atoms with Gasteiger partial charge in [-0.2, -0.15) is 36.5 Å². The van der Waals surface area contributed by atoms with E-state index in [4.69, 9.17) is 0 Å². The Morgan fingerprint density at radius 3 is 1.16 bits per heavy atom. The van der Waals surface area contributed by atoms with Crippen molar-refractivity contribution in [2.75, 3.05) is 0 Å². The van der Waals surface area contributed by atoms with Crippen LogP contribution in [-0.4, -0.2) is 11.4 Å². The third-order valence-corrected chi connectivity index (χ3v) is 4.43. The molecule has 2 aromatic rings. The summed E-state index contributed by atoms with van der Waals surface area (Å²) in [5, 5.41) is 8.34. The fraction of sp³-hybridized carbons (Fsp3) is 0.273. The number of rotatable bonds is 6. The smallest absolute Gasteiger partial charge is 0.262 e. The molecule has 0 heterocycles. The lowest BCUT2D eigenvalue weighted by molar-refractivity contribution is -0.138. The van der Waals surface area contributed by atoms with E-state index >= 15 is 0 Å². The molecule has 0 saturated heterocycles. The second-order valence-electron chi connectivity index (χ2n) is 7.14. The van der Waals surface area contributed by atoms with Gasteiger partial charge < -0.3 is 0 Å². The largest absolute Gasteiger partial charge is 0.416 e. The Balaban J connectivity index is 2.10. The SMILES string of the molecule is CC(C)=C(N/N=C(\C)c1ccc(C(F)(F)F)cc1)N/N=C(\C)c1ccc(C(F)(F)F)cc1. The fourth-order valence-electron chi connectivity index (χ4n) is 2.46. The average molecular weight is 456 g/mol. The molecule has 0 aliphatic carbocycles. The van der Waals surface area contributed by atoms with Gasteiger partial charge in [-0.25, -0.2) is 0 Å². The minimum Gasteiger partial charge on any atom is -0.262 e. The number of allylic oxidation sites excluding steroid dienone is 1. The highest BCUT2D eigenvalue weighted by Gasteiger charge is 2.30.